The number of nitrogens with one attached hydrogen (secondary N) is 6. The number of rotatable bonds is 25. The van der Waals surface area contributed by atoms with Crippen LogP contribution in [0.25, 0.3) is 11.0 Å². The van der Waals surface area contributed by atoms with Crippen molar-refractivity contribution in [1.82, 2.24) is 31.9 Å². The third kappa shape index (κ3) is 23.3. The van der Waals surface area contributed by atoms with Crippen LogP contribution >= 0.6 is 0 Å². The summed E-state index contributed by atoms with van der Waals surface area (Å²) in [6.07, 6.45) is -34.5. The van der Waals surface area contributed by atoms with Crippen molar-refractivity contribution in [2.45, 2.75) is 239 Å². The van der Waals surface area contributed by atoms with Crippen molar-refractivity contribution >= 4 is 52.1 Å². The van der Waals surface area contributed by atoms with Crippen LogP contribution in [0.3, 0.4) is 0 Å². The van der Waals surface area contributed by atoms with Gasteiger partial charge in [0.15, 0.2) is 18.9 Å². The molecule has 0 saturated carbocycles. The van der Waals surface area contributed by atoms with Gasteiger partial charge in [-0.25, -0.2) is 4.79 Å². The molecular weight excluding hydrogens is 1540 g/mol. The predicted octanol–water partition coefficient (Wildman–Crippen LogP) is -8.44. The minimum Gasteiger partial charge on any atom is -0.463 e. The van der Waals surface area contributed by atoms with E-state index in [9.17, 15) is 120 Å². The first kappa shape index (κ1) is 92.0. The summed E-state index contributed by atoms with van der Waals surface area (Å²) in [6.45, 7) is 6.62. The molecule has 1 aromatic heterocycles. The van der Waals surface area contributed by atoms with Crippen LogP contribution in [0.4, 0.5) is 5.69 Å². The van der Waals surface area contributed by atoms with Crippen LogP contribution in [-0.4, -0.2) is 340 Å². The van der Waals surface area contributed by atoms with E-state index in [-0.39, 0.29) is 22.8 Å². The molecule has 3 aromatic carbocycles. The van der Waals surface area contributed by atoms with Gasteiger partial charge in [-0.05, 0) is 55.8 Å². The smallest absolute Gasteiger partial charge is 0.336 e. The van der Waals surface area contributed by atoms with Gasteiger partial charge >= 0.3 is 5.63 Å². The summed E-state index contributed by atoms with van der Waals surface area (Å²) in [6, 6.07) is 10.2. The van der Waals surface area contributed by atoms with E-state index in [4.69, 9.17) is 61.3 Å². The number of aryl methyl sites for hydroxylation is 2. The molecular formula is C71H99N7O37. The molecule has 30 atom stereocenters. The van der Waals surface area contributed by atoms with E-state index in [1.54, 1.807) is 43.3 Å². The van der Waals surface area contributed by atoms with Crippen LogP contribution in [0.15, 0.2) is 82.0 Å². The molecule has 6 aliphatic heterocycles. The summed E-state index contributed by atoms with van der Waals surface area (Å²) in [7, 11) is 0. The fourth-order valence-corrected chi connectivity index (χ4v) is 13.4. The van der Waals surface area contributed by atoms with Gasteiger partial charge < -0.3 is 170 Å². The average Bonchev–Trinajstić information content (AvgIpc) is 0.781. The first-order valence-corrected chi connectivity index (χ1v) is 36.1. The minimum absolute atomic E-state index is 0.100. The van der Waals surface area contributed by atoms with Gasteiger partial charge in [0.05, 0.1) is 44.6 Å². The Labute approximate surface area is 654 Å². The zero-order valence-electron chi connectivity index (χ0n) is 63.1. The topological polar surface area (TPSA) is 662 Å². The largest absolute Gasteiger partial charge is 0.463 e. The monoisotopic (exact) mass is 1640 g/mol. The minimum atomic E-state index is -1.63. The predicted molar refractivity (Wildman–Crippen MR) is 382 cm³/mol. The Kier molecular flexibility index (Phi) is 33.3. The Hall–Kier alpha value is -8.47. The van der Waals surface area contributed by atoms with Gasteiger partial charge in [-0.1, -0.05) is 17.7 Å². The summed E-state index contributed by atoms with van der Waals surface area (Å²) < 4.78 is 74.5. The molecule has 640 valence electrons. The first-order valence-electron chi connectivity index (χ1n) is 36.1. The van der Waals surface area contributed by atoms with Crippen molar-refractivity contribution in [1.29, 1.82) is 0 Å². The number of ether oxygens (including phenoxy) is 12. The number of aliphatic hydroxyl groups is 15. The van der Waals surface area contributed by atoms with Crippen LogP contribution in [-0.2, 0) is 71.4 Å². The molecule has 6 amide bonds. The molecule has 6 saturated heterocycles. The standard InChI is InChI=1S/C26H34N2O13.C23H34N2O11.C22H31N3O13/c1-10-6-18(33)38-15-7-13(4-5-14(10)15)37-25-20(28-12(3)32)23(36)24(17(9-30)40-25)41-26-19(27-11(2)31)22(35)21(34)16(8-29)39-26;1-10-4-6-13(7-5-10)33-22-17(25-12(3)29)20(32)21(15(9-27)35-22)36-23-16(24-11(2)28)19(31)18(30)14(8-26)34-23;1-9(28)23-15-18(31)17(30)13(7-26)36-22(15)38-20-14(8-27)37-21(16(19(20)32)24-10(2)29)35-12-5-3-11(4-6-12)25(33)34/h4-7,16-17,19-26,29-30,34-36H,8-9H2,1-3H3,(H,27,31)(H,28,32);4-7,14-23,26-27,30-32H,8-9H2,1-3H3,(H,24,28)(H,25,29);3-6,13-22,26-27,30-32H,7-8H2,1-2H3,(H,23,28)(H,24,29). The highest BCUT2D eigenvalue weighted by molar-refractivity contribution is 5.81. The lowest BCUT2D eigenvalue weighted by molar-refractivity contribution is -0.384. The Morgan fingerprint density at radius 1 is 0.374 bits per heavy atom. The van der Waals surface area contributed by atoms with Crippen molar-refractivity contribution in [2.75, 3.05) is 39.6 Å². The SMILES string of the molecule is CC(=O)NC1C(OC2C(CO)OC(Oc3ccc(C)cc3)C(NC(C)=O)C2O)OC(CO)C(O)C1O.CC(=O)NC1C(OC2C(CO)OC(Oc3ccc([N+](=O)[O-])cc3)C(NC(C)=O)C2O)OC(CO)C(O)C1O.CC(=O)NC1C(OC2C(CO)OC(Oc3ccc4c(C)cc(=O)oc4c3)C(NC(C)=O)C2O)OC(CO)C(O)C1O. The number of benzene rings is 3. The third-order valence-corrected chi connectivity index (χ3v) is 19.0. The fourth-order valence-electron chi connectivity index (χ4n) is 13.4. The number of nitro groups is 1. The number of fused-ring (bicyclic) bond motifs is 1. The first-order chi connectivity index (χ1) is 54.4. The van der Waals surface area contributed by atoms with Crippen LogP contribution in [0.2, 0.25) is 0 Å². The summed E-state index contributed by atoms with van der Waals surface area (Å²) >= 11 is 0. The molecule has 10 rings (SSSR count). The molecule has 7 heterocycles. The molecule has 0 bridgehead atoms. The quantitative estimate of drug-likeness (QED) is 0.0166. The lowest BCUT2D eigenvalue weighted by Gasteiger charge is -2.48. The van der Waals surface area contributed by atoms with Crippen LogP contribution in [0.5, 0.6) is 17.2 Å². The summed E-state index contributed by atoms with van der Waals surface area (Å²) in [5, 5.41) is 181. The van der Waals surface area contributed by atoms with Gasteiger partial charge in [0.1, 0.15) is 169 Å². The van der Waals surface area contributed by atoms with Gasteiger partial charge in [0, 0.05) is 71.2 Å². The number of aliphatic hydroxyl groups excluding tert-OH is 15. The highest BCUT2D eigenvalue weighted by atomic mass is 16.8. The molecule has 0 aliphatic carbocycles. The van der Waals surface area contributed by atoms with Crippen LogP contribution < -0.4 is 51.7 Å². The van der Waals surface area contributed by atoms with Gasteiger partial charge in [0.2, 0.25) is 54.3 Å². The zero-order chi connectivity index (χ0) is 84.7. The number of carbonyl (C=O) groups is 6. The zero-order valence-corrected chi connectivity index (χ0v) is 63.1. The molecule has 6 fully saturated rings. The maximum Gasteiger partial charge on any atom is 0.336 e. The van der Waals surface area contributed by atoms with E-state index >= 15 is 0 Å². The Bertz CT molecular complexity index is 3950. The van der Waals surface area contributed by atoms with Gasteiger partial charge in [0.25, 0.3) is 5.69 Å². The van der Waals surface area contributed by atoms with E-state index in [2.05, 4.69) is 31.9 Å². The van der Waals surface area contributed by atoms with Gasteiger partial charge in [-0.3, -0.25) is 38.9 Å². The van der Waals surface area contributed by atoms with Gasteiger partial charge in [-0.15, -0.1) is 0 Å². The Morgan fingerprint density at radius 3 is 0.930 bits per heavy atom. The highest BCUT2D eigenvalue weighted by Gasteiger charge is 2.56. The maximum atomic E-state index is 12.1. The fraction of sp³-hybridized carbons (Fsp3) is 0.620. The molecule has 44 nitrogen and oxygen atoms in total. The second-order valence-corrected chi connectivity index (χ2v) is 27.8. The molecule has 4 aromatic rings. The van der Waals surface area contributed by atoms with E-state index in [1.165, 1.54) is 64.1 Å². The Morgan fingerprint density at radius 2 is 0.643 bits per heavy atom. The summed E-state index contributed by atoms with van der Waals surface area (Å²) in [5.74, 6) is -2.73. The molecule has 0 spiro atoms. The lowest BCUT2D eigenvalue weighted by atomic mass is 9.94. The van der Waals surface area contributed by atoms with E-state index in [0.717, 1.165) is 19.4 Å². The highest BCUT2D eigenvalue weighted by Crippen LogP contribution is 2.36. The summed E-state index contributed by atoms with van der Waals surface area (Å²) in [5.41, 5.74) is 1.15. The Balaban J connectivity index is 0.000000216. The van der Waals surface area contributed by atoms with Gasteiger partial charge in [-0.2, -0.15) is 0 Å². The second kappa shape index (κ2) is 41.6. The number of hydrogen-bond donors (Lipinski definition) is 21. The molecule has 0 radical (unpaired) electrons. The van der Waals surface area contributed by atoms with Crippen molar-refractivity contribution in [3.63, 3.8) is 0 Å². The van der Waals surface area contributed by atoms with E-state index < -0.39 is 269 Å². The lowest BCUT2D eigenvalue weighted by Crippen LogP contribution is -2.69. The number of hydrogen-bond acceptors (Lipinski definition) is 37. The number of carbonyl (C=O) groups excluding carboxylic acids is 6. The second-order valence-electron chi connectivity index (χ2n) is 27.8. The third-order valence-electron chi connectivity index (χ3n) is 19.0. The number of amides is 6. The molecule has 115 heavy (non-hydrogen) atoms. The van der Waals surface area contributed by atoms with Crippen LogP contribution in [0, 0.1) is 24.0 Å². The number of non-ortho nitro benzene ring substituents is 1. The van der Waals surface area contributed by atoms with Crippen molar-refractivity contribution in [2.24, 2.45) is 0 Å². The molecule has 21 N–H and O–H groups in total. The maximum absolute atomic E-state index is 12.1. The van der Waals surface area contributed by atoms with E-state index in [1.807, 2.05) is 6.92 Å². The average molecular weight is 1640 g/mol. The molecule has 44 heteroatoms. The number of nitrogens with zero attached hydrogens (tertiary/aromatic N) is 1. The van der Waals surface area contributed by atoms with Crippen molar-refractivity contribution in [3.05, 3.63) is 104 Å². The molecule has 6 aliphatic rings. The normalized spacial score (nSPS) is 35.2. The van der Waals surface area contributed by atoms with Crippen molar-refractivity contribution in [3.8, 4) is 17.2 Å². The number of nitro benzene ring substituents is 1. The van der Waals surface area contributed by atoms with Crippen molar-refractivity contribution < 1.29 is 172 Å². The molecule has 30 unspecified atom stereocenters. The summed E-state index contributed by atoms with van der Waals surface area (Å²) in [4.78, 5) is 93.2. The van der Waals surface area contributed by atoms with E-state index in [0.29, 0.717) is 16.7 Å². The van der Waals surface area contributed by atoms with Crippen LogP contribution in [0.1, 0.15) is 52.7 Å².